The van der Waals surface area contributed by atoms with Crippen molar-refractivity contribution in [3.63, 3.8) is 0 Å². The van der Waals surface area contributed by atoms with Crippen molar-refractivity contribution in [1.82, 2.24) is 4.90 Å². The van der Waals surface area contributed by atoms with Crippen LogP contribution in [0.4, 0.5) is 0 Å². The molecule has 2 unspecified atom stereocenters. The number of rotatable bonds is 4. The van der Waals surface area contributed by atoms with E-state index in [1.54, 1.807) is 25.9 Å². The normalized spacial score (nSPS) is 28.0. The highest BCUT2D eigenvalue weighted by atomic mass is 16.4. The van der Waals surface area contributed by atoms with Crippen molar-refractivity contribution in [3.05, 3.63) is 23.8 Å². The minimum Gasteiger partial charge on any atom is -0.481 e. The number of carboxylic acids is 2. The summed E-state index contributed by atoms with van der Waals surface area (Å²) in [6.07, 6.45) is 4.52. The molecule has 0 fully saturated rings. The molecule has 0 aromatic heterocycles. The molecule has 0 bridgehead atoms. The average molecular weight is 239 g/mol. The van der Waals surface area contributed by atoms with Crippen LogP contribution in [0.5, 0.6) is 0 Å². The molecule has 5 heteroatoms. The van der Waals surface area contributed by atoms with Gasteiger partial charge in [-0.15, -0.1) is 0 Å². The quantitative estimate of drug-likeness (QED) is 0.760. The molecule has 0 heterocycles. The van der Waals surface area contributed by atoms with E-state index >= 15 is 0 Å². The molecule has 0 aromatic rings. The van der Waals surface area contributed by atoms with Crippen molar-refractivity contribution in [2.45, 2.75) is 6.92 Å². The van der Waals surface area contributed by atoms with Crippen molar-refractivity contribution in [2.75, 3.05) is 20.6 Å². The maximum absolute atomic E-state index is 11.2. The van der Waals surface area contributed by atoms with E-state index in [1.165, 1.54) is 18.2 Å². The molecular weight excluding hydrogens is 222 g/mol. The average Bonchev–Trinajstić information content (AvgIpc) is 2.14. The summed E-state index contributed by atoms with van der Waals surface area (Å²) in [5, 5.41) is 18.4. The van der Waals surface area contributed by atoms with Crippen LogP contribution in [0.1, 0.15) is 6.92 Å². The van der Waals surface area contributed by atoms with E-state index in [0.29, 0.717) is 6.54 Å². The number of carboxylic acid groups (broad SMARTS) is 2. The molecule has 1 aliphatic rings. The first-order valence-electron chi connectivity index (χ1n) is 5.29. The molecule has 1 rings (SSSR count). The first kappa shape index (κ1) is 13.4. The zero-order valence-electron chi connectivity index (χ0n) is 10.2. The minimum absolute atomic E-state index is 0.140. The fraction of sp³-hybridized carbons (Fsp3) is 0.500. The van der Waals surface area contributed by atoms with Gasteiger partial charge in [-0.3, -0.25) is 4.79 Å². The van der Waals surface area contributed by atoms with E-state index in [-0.39, 0.29) is 5.57 Å². The number of allylic oxidation sites excluding steroid dienone is 2. The minimum atomic E-state index is -1.06. The summed E-state index contributed by atoms with van der Waals surface area (Å²) in [5.74, 6) is -2.89. The van der Waals surface area contributed by atoms with Crippen LogP contribution in [0.25, 0.3) is 0 Å². The topological polar surface area (TPSA) is 77.8 Å². The second kappa shape index (κ2) is 4.71. The first-order chi connectivity index (χ1) is 7.79. The van der Waals surface area contributed by atoms with Crippen LogP contribution < -0.4 is 0 Å². The Balaban J connectivity index is 3.21. The molecule has 94 valence electrons. The van der Waals surface area contributed by atoms with E-state index < -0.39 is 23.3 Å². The number of hydrogen-bond donors (Lipinski definition) is 2. The Labute approximate surface area is 100 Å². The van der Waals surface area contributed by atoms with Crippen LogP contribution in [-0.4, -0.2) is 47.7 Å². The zero-order chi connectivity index (χ0) is 13.2. The molecular formula is C12H17NO4. The van der Waals surface area contributed by atoms with E-state index in [1.807, 2.05) is 0 Å². The van der Waals surface area contributed by atoms with Gasteiger partial charge in [-0.1, -0.05) is 25.2 Å². The highest BCUT2D eigenvalue weighted by molar-refractivity contribution is 5.91. The third kappa shape index (κ3) is 2.55. The van der Waals surface area contributed by atoms with Gasteiger partial charge in [0, 0.05) is 17.5 Å². The predicted molar refractivity (Wildman–Crippen MR) is 62.6 cm³/mol. The maximum atomic E-state index is 11.2. The standard InChI is InChI=1S/C12H17NO4/c1-12(7-13(2)3)8(10(14)15)5-4-6-9(12)11(16)17/h4-6,8H,7H2,1-3H3,(H,14,15)(H,16,17). The largest absolute Gasteiger partial charge is 0.481 e. The van der Waals surface area contributed by atoms with Crippen molar-refractivity contribution in [2.24, 2.45) is 11.3 Å². The van der Waals surface area contributed by atoms with Gasteiger partial charge in [0.1, 0.15) is 0 Å². The Morgan fingerprint density at radius 1 is 1.41 bits per heavy atom. The SMILES string of the molecule is CN(C)CC1(C)C(C(=O)O)=CC=CC1C(=O)O. The molecule has 0 spiro atoms. The van der Waals surface area contributed by atoms with Crippen LogP contribution >= 0.6 is 0 Å². The molecule has 0 aromatic carbocycles. The molecule has 2 N–H and O–H groups in total. The third-order valence-electron chi connectivity index (χ3n) is 3.01. The van der Waals surface area contributed by atoms with Crippen LogP contribution in [0.15, 0.2) is 23.8 Å². The number of carbonyl (C=O) groups is 2. The number of hydrogen-bond acceptors (Lipinski definition) is 3. The number of aliphatic carboxylic acids is 2. The Morgan fingerprint density at radius 2 is 2.00 bits per heavy atom. The van der Waals surface area contributed by atoms with Crippen LogP contribution in [0.2, 0.25) is 0 Å². The van der Waals surface area contributed by atoms with Crippen molar-refractivity contribution < 1.29 is 19.8 Å². The van der Waals surface area contributed by atoms with Gasteiger partial charge in [0.05, 0.1) is 5.92 Å². The summed E-state index contributed by atoms with van der Waals surface area (Å²) >= 11 is 0. The molecule has 0 saturated carbocycles. The van der Waals surface area contributed by atoms with E-state index in [9.17, 15) is 19.8 Å². The molecule has 0 saturated heterocycles. The zero-order valence-corrected chi connectivity index (χ0v) is 10.2. The first-order valence-corrected chi connectivity index (χ1v) is 5.29. The van der Waals surface area contributed by atoms with Crippen molar-refractivity contribution in [3.8, 4) is 0 Å². The molecule has 0 radical (unpaired) electrons. The van der Waals surface area contributed by atoms with Gasteiger partial charge < -0.3 is 15.1 Å². The molecule has 0 aliphatic heterocycles. The lowest BCUT2D eigenvalue weighted by Gasteiger charge is -2.38. The maximum Gasteiger partial charge on any atom is 0.332 e. The lowest BCUT2D eigenvalue weighted by Crippen LogP contribution is -2.44. The van der Waals surface area contributed by atoms with Crippen molar-refractivity contribution >= 4 is 11.9 Å². The molecule has 1 aliphatic carbocycles. The summed E-state index contributed by atoms with van der Waals surface area (Å²) in [5.41, 5.74) is -0.781. The second-order valence-corrected chi connectivity index (χ2v) is 4.74. The summed E-state index contributed by atoms with van der Waals surface area (Å²) in [6, 6.07) is 0. The van der Waals surface area contributed by atoms with Gasteiger partial charge in [0.2, 0.25) is 0 Å². The summed E-state index contributed by atoms with van der Waals surface area (Å²) in [7, 11) is 3.59. The Bertz CT molecular complexity index is 397. The van der Waals surface area contributed by atoms with Gasteiger partial charge in [0.25, 0.3) is 0 Å². The third-order valence-corrected chi connectivity index (χ3v) is 3.01. The molecule has 5 nitrogen and oxygen atoms in total. The van der Waals surface area contributed by atoms with Gasteiger partial charge in [-0.25, -0.2) is 4.79 Å². The number of nitrogens with zero attached hydrogens (tertiary/aromatic N) is 1. The second-order valence-electron chi connectivity index (χ2n) is 4.74. The Morgan fingerprint density at radius 3 is 2.41 bits per heavy atom. The van der Waals surface area contributed by atoms with Gasteiger partial charge in [-0.2, -0.15) is 0 Å². The monoisotopic (exact) mass is 239 g/mol. The fourth-order valence-corrected chi connectivity index (χ4v) is 2.34. The smallest absolute Gasteiger partial charge is 0.332 e. The van der Waals surface area contributed by atoms with Crippen molar-refractivity contribution in [1.29, 1.82) is 0 Å². The van der Waals surface area contributed by atoms with Gasteiger partial charge >= 0.3 is 11.9 Å². The summed E-state index contributed by atoms with van der Waals surface area (Å²) < 4.78 is 0. The van der Waals surface area contributed by atoms with Gasteiger partial charge in [-0.05, 0) is 14.1 Å². The molecule has 17 heavy (non-hydrogen) atoms. The van der Waals surface area contributed by atoms with E-state index in [2.05, 4.69) is 0 Å². The van der Waals surface area contributed by atoms with Gasteiger partial charge in [0.15, 0.2) is 0 Å². The van der Waals surface area contributed by atoms with Crippen LogP contribution in [0.3, 0.4) is 0 Å². The fourth-order valence-electron chi connectivity index (χ4n) is 2.34. The Hall–Kier alpha value is -1.62. The lowest BCUT2D eigenvalue weighted by molar-refractivity contribution is -0.144. The molecule has 0 amide bonds. The lowest BCUT2D eigenvalue weighted by atomic mass is 9.68. The van der Waals surface area contributed by atoms with Crippen LogP contribution in [0, 0.1) is 11.3 Å². The summed E-state index contributed by atoms with van der Waals surface area (Å²) in [4.78, 5) is 24.2. The van der Waals surface area contributed by atoms with Crippen LogP contribution in [-0.2, 0) is 9.59 Å². The summed E-state index contributed by atoms with van der Waals surface area (Å²) in [6.45, 7) is 2.04. The highest BCUT2D eigenvalue weighted by Crippen LogP contribution is 2.40. The van der Waals surface area contributed by atoms with E-state index in [4.69, 9.17) is 0 Å². The van der Waals surface area contributed by atoms with E-state index in [0.717, 1.165) is 0 Å². The highest BCUT2D eigenvalue weighted by Gasteiger charge is 2.45. The Kier molecular flexibility index (Phi) is 3.72. The molecule has 2 atom stereocenters. The predicted octanol–water partition coefficient (Wildman–Crippen LogP) is 0.836.